The Morgan fingerprint density at radius 2 is 2.05 bits per heavy atom. The topological polar surface area (TPSA) is 83.7 Å². The molecule has 1 aliphatic carbocycles. The lowest BCUT2D eigenvalue weighted by atomic mass is 9.65. The molecule has 0 aliphatic heterocycles. The fourth-order valence-corrected chi connectivity index (χ4v) is 4.70. The second-order valence-electron chi connectivity index (χ2n) is 6.46. The monoisotopic (exact) mass is 326 g/mol. The molecule has 7 heteroatoms. The van der Waals surface area contributed by atoms with Crippen LogP contribution in [0.2, 0.25) is 0 Å². The lowest BCUT2D eigenvalue weighted by Crippen LogP contribution is -2.48. The highest BCUT2D eigenvalue weighted by Gasteiger charge is 2.48. The highest BCUT2D eigenvalue weighted by atomic mass is 32.1. The number of nitro groups is 1. The highest BCUT2D eigenvalue weighted by molar-refractivity contribution is 7.10. The number of carbonyl (C=O) groups is 1. The number of nitrogens with zero attached hydrogens (tertiary/aromatic N) is 2. The normalized spacial score (nSPS) is 28.7. The van der Waals surface area contributed by atoms with E-state index in [4.69, 9.17) is 5.11 Å². The summed E-state index contributed by atoms with van der Waals surface area (Å²) in [5.74, 6) is -0.949. The fourth-order valence-electron chi connectivity index (χ4n) is 3.64. The second kappa shape index (κ2) is 6.34. The van der Waals surface area contributed by atoms with E-state index in [1.807, 2.05) is 25.5 Å². The van der Waals surface area contributed by atoms with Crippen molar-refractivity contribution in [2.75, 3.05) is 20.6 Å². The minimum absolute atomic E-state index is 0.123. The summed E-state index contributed by atoms with van der Waals surface area (Å²) in [6.07, 6.45) is 2.51. The molecule has 1 aromatic rings. The molecule has 0 amide bonds. The van der Waals surface area contributed by atoms with E-state index in [1.165, 1.54) is 4.88 Å². The Bertz CT molecular complexity index is 516. The second-order valence-corrected chi connectivity index (χ2v) is 7.41. The molecule has 1 saturated carbocycles. The van der Waals surface area contributed by atoms with Gasteiger partial charge in [-0.2, -0.15) is 0 Å². The van der Waals surface area contributed by atoms with Crippen LogP contribution in [0.3, 0.4) is 0 Å². The Balaban J connectivity index is 2.24. The Morgan fingerprint density at radius 3 is 2.45 bits per heavy atom. The average Bonchev–Trinajstić information content (AvgIpc) is 2.92. The average molecular weight is 326 g/mol. The summed E-state index contributed by atoms with van der Waals surface area (Å²) < 4.78 is 0. The Labute approximate surface area is 133 Å². The molecule has 1 heterocycles. The summed E-state index contributed by atoms with van der Waals surface area (Å²) in [5, 5.41) is 22.2. The Kier molecular flexibility index (Phi) is 4.87. The van der Waals surface area contributed by atoms with Gasteiger partial charge in [0.1, 0.15) is 0 Å². The lowest BCUT2D eigenvalue weighted by molar-refractivity contribution is -0.499. The van der Waals surface area contributed by atoms with Gasteiger partial charge in [-0.1, -0.05) is 6.07 Å². The van der Waals surface area contributed by atoms with Crippen molar-refractivity contribution in [1.29, 1.82) is 0 Å². The maximum Gasteiger partial charge on any atom is 0.304 e. The van der Waals surface area contributed by atoms with Gasteiger partial charge in [-0.05, 0) is 51.2 Å². The number of rotatable bonds is 6. The zero-order chi connectivity index (χ0) is 16.4. The minimum atomic E-state index is -0.949. The van der Waals surface area contributed by atoms with E-state index in [1.54, 1.807) is 11.3 Å². The van der Waals surface area contributed by atoms with Crippen LogP contribution < -0.4 is 0 Å². The summed E-state index contributed by atoms with van der Waals surface area (Å²) in [6.45, 7) is -0.257. The molecule has 122 valence electrons. The number of aliphatic carboxylic acids is 1. The van der Waals surface area contributed by atoms with Gasteiger partial charge in [-0.25, -0.2) is 0 Å². The molecule has 0 atom stereocenters. The third-order valence-electron chi connectivity index (χ3n) is 4.96. The van der Waals surface area contributed by atoms with Crippen LogP contribution >= 0.6 is 11.3 Å². The Morgan fingerprint density at radius 1 is 1.41 bits per heavy atom. The summed E-state index contributed by atoms with van der Waals surface area (Å²) in [4.78, 5) is 25.2. The predicted octanol–water partition coefficient (Wildman–Crippen LogP) is 2.82. The maximum absolute atomic E-state index is 11.1. The van der Waals surface area contributed by atoms with Gasteiger partial charge in [-0.3, -0.25) is 19.8 Å². The predicted molar refractivity (Wildman–Crippen MR) is 84.7 cm³/mol. The number of hydrogen-bond donors (Lipinski definition) is 1. The van der Waals surface area contributed by atoms with E-state index in [-0.39, 0.29) is 23.4 Å². The van der Waals surface area contributed by atoms with Gasteiger partial charge in [0.15, 0.2) is 0 Å². The number of carboxylic acid groups (broad SMARTS) is 1. The first-order valence-electron chi connectivity index (χ1n) is 7.35. The fraction of sp³-hybridized carbons (Fsp3) is 0.667. The van der Waals surface area contributed by atoms with Crippen LogP contribution in [-0.2, 0) is 10.3 Å². The van der Waals surface area contributed by atoms with E-state index in [0.29, 0.717) is 12.8 Å². The zero-order valence-corrected chi connectivity index (χ0v) is 13.8. The lowest BCUT2D eigenvalue weighted by Gasteiger charge is -2.47. The number of hydrogen-bond acceptors (Lipinski definition) is 5. The van der Waals surface area contributed by atoms with Crippen molar-refractivity contribution >= 4 is 17.3 Å². The van der Waals surface area contributed by atoms with Crippen LogP contribution in [0, 0.1) is 15.5 Å². The molecule has 0 spiro atoms. The number of carboxylic acids is 1. The van der Waals surface area contributed by atoms with Crippen LogP contribution in [-0.4, -0.2) is 41.5 Å². The van der Waals surface area contributed by atoms with E-state index in [9.17, 15) is 14.9 Å². The molecule has 0 saturated heterocycles. The molecule has 2 rings (SSSR count). The third kappa shape index (κ3) is 3.30. The molecule has 0 radical (unpaired) electrons. The van der Waals surface area contributed by atoms with E-state index in [2.05, 4.69) is 11.0 Å². The molecule has 1 aromatic heterocycles. The summed E-state index contributed by atoms with van der Waals surface area (Å²) in [5.41, 5.74) is -0.848. The van der Waals surface area contributed by atoms with E-state index < -0.39 is 11.4 Å². The van der Waals surface area contributed by atoms with Crippen molar-refractivity contribution in [2.24, 2.45) is 5.41 Å². The molecule has 0 unspecified atom stereocenters. The van der Waals surface area contributed by atoms with Gasteiger partial charge >= 0.3 is 5.97 Å². The molecule has 6 nitrogen and oxygen atoms in total. The van der Waals surface area contributed by atoms with E-state index >= 15 is 0 Å². The molecule has 22 heavy (non-hydrogen) atoms. The zero-order valence-electron chi connectivity index (χ0n) is 12.9. The molecule has 1 fully saturated rings. The van der Waals surface area contributed by atoms with Crippen molar-refractivity contribution in [3.8, 4) is 0 Å². The molecular formula is C15H22N2O4S. The van der Waals surface area contributed by atoms with Gasteiger partial charge in [0, 0.05) is 15.2 Å². The van der Waals surface area contributed by atoms with Crippen molar-refractivity contribution in [3.05, 3.63) is 32.5 Å². The number of thiophene rings is 1. The van der Waals surface area contributed by atoms with Gasteiger partial charge in [0.25, 0.3) is 0 Å². The first-order chi connectivity index (χ1) is 10.3. The van der Waals surface area contributed by atoms with Crippen LogP contribution in [0.15, 0.2) is 17.5 Å². The van der Waals surface area contributed by atoms with Crippen molar-refractivity contribution < 1.29 is 14.8 Å². The van der Waals surface area contributed by atoms with Gasteiger partial charge in [0.05, 0.1) is 12.0 Å². The first kappa shape index (κ1) is 16.9. The van der Waals surface area contributed by atoms with Gasteiger partial charge in [-0.15, -0.1) is 11.3 Å². The minimum Gasteiger partial charge on any atom is -0.481 e. The maximum atomic E-state index is 11.1. The van der Waals surface area contributed by atoms with Crippen molar-refractivity contribution in [1.82, 2.24) is 4.90 Å². The molecule has 1 aliphatic rings. The van der Waals surface area contributed by atoms with Crippen LogP contribution in [0.25, 0.3) is 0 Å². The summed E-state index contributed by atoms with van der Waals surface area (Å²) >= 11 is 1.69. The summed E-state index contributed by atoms with van der Waals surface area (Å²) in [6, 6.07) is 4.11. The smallest absolute Gasteiger partial charge is 0.304 e. The molecular weight excluding hydrogens is 304 g/mol. The summed E-state index contributed by atoms with van der Waals surface area (Å²) in [7, 11) is 4.05. The molecule has 0 aromatic carbocycles. The molecule has 1 N–H and O–H groups in total. The van der Waals surface area contributed by atoms with E-state index in [0.717, 1.165) is 12.8 Å². The largest absolute Gasteiger partial charge is 0.481 e. The van der Waals surface area contributed by atoms with Gasteiger partial charge < -0.3 is 5.11 Å². The Hall–Kier alpha value is -1.47. The molecule has 0 bridgehead atoms. The van der Waals surface area contributed by atoms with Crippen molar-refractivity contribution in [3.63, 3.8) is 0 Å². The van der Waals surface area contributed by atoms with Crippen LogP contribution in [0.4, 0.5) is 0 Å². The third-order valence-corrected chi connectivity index (χ3v) is 6.03. The quantitative estimate of drug-likeness (QED) is 0.642. The van der Waals surface area contributed by atoms with Crippen LogP contribution in [0.1, 0.15) is 37.0 Å². The van der Waals surface area contributed by atoms with Crippen LogP contribution in [0.5, 0.6) is 0 Å². The SMILES string of the molecule is CN(C)C1(c2cccs2)CCC(CC(=O)O)(C[N+](=O)[O-])CC1. The first-order valence-corrected chi connectivity index (χ1v) is 8.23. The van der Waals surface area contributed by atoms with Gasteiger partial charge in [0.2, 0.25) is 6.54 Å². The standard InChI is InChI=1S/C15H22N2O4S/c1-16(2)15(12-4-3-9-22-12)7-5-14(6-8-15,10-13(18)19)11-17(20)21/h3-4,9H,5-8,10-11H2,1-2H3,(H,18,19). The highest BCUT2D eigenvalue weighted by Crippen LogP contribution is 2.50. The van der Waals surface area contributed by atoms with Crippen molar-refractivity contribution in [2.45, 2.75) is 37.6 Å².